The SMILES string of the molecule is CCC1(CO)CCN(C(=O)c2cccc(SCC#N)c2)CC1. The van der Waals surface area contributed by atoms with Gasteiger partial charge in [0.25, 0.3) is 5.91 Å². The molecule has 0 atom stereocenters. The number of nitriles is 1. The highest BCUT2D eigenvalue weighted by Gasteiger charge is 2.34. The van der Waals surface area contributed by atoms with E-state index in [-0.39, 0.29) is 17.9 Å². The predicted molar refractivity (Wildman–Crippen MR) is 87.7 cm³/mol. The van der Waals surface area contributed by atoms with E-state index in [2.05, 4.69) is 13.0 Å². The van der Waals surface area contributed by atoms with Crippen molar-refractivity contribution in [2.75, 3.05) is 25.4 Å². The number of amides is 1. The van der Waals surface area contributed by atoms with Crippen LogP contribution in [0, 0.1) is 16.7 Å². The van der Waals surface area contributed by atoms with Crippen LogP contribution in [0.3, 0.4) is 0 Å². The number of nitrogens with zero attached hydrogens (tertiary/aromatic N) is 2. The molecule has 1 aromatic rings. The fraction of sp³-hybridized carbons (Fsp3) is 0.529. The molecule has 1 heterocycles. The van der Waals surface area contributed by atoms with Crippen LogP contribution < -0.4 is 0 Å². The third kappa shape index (κ3) is 3.82. The molecule has 1 aliphatic heterocycles. The Morgan fingerprint density at radius 3 is 2.77 bits per heavy atom. The van der Waals surface area contributed by atoms with Crippen LogP contribution in [0.5, 0.6) is 0 Å². The lowest BCUT2D eigenvalue weighted by Crippen LogP contribution is -2.44. The van der Waals surface area contributed by atoms with E-state index >= 15 is 0 Å². The van der Waals surface area contributed by atoms with Gasteiger partial charge in [0, 0.05) is 30.2 Å². The molecule has 1 aromatic carbocycles. The van der Waals surface area contributed by atoms with Crippen molar-refractivity contribution in [3.8, 4) is 6.07 Å². The minimum absolute atomic E-state index is 0.0126. The lowest BCUT2D eigenvalue weighted by molar-refractivity contribution is 0.0338. The Bertz CT molecular complexity index is 554. The molecule has 5 heteroatoms. The summed E-state index contributed by atoms with van der Waals surface area (Å²) >= 11 is 1.44. The van der Waals surface area contributed by atoms with Crippen molar-refractivity contribution < 1.29 is 9.90 Å². The van der Waals surface area contributed by atoms with Gasteiger partial charge in [0.2, 0.25) is 0 Å². The van der Waals surface area contributed by atoms with Crippen LogP contribution in [0.25, 0.3) is 0 Å². The molecule has 0 radical (unpaired) electrons. The van der Waals surface area contributed by atoms with Gasteiger partial charge >= 0.3 is 0 Å². The second kappa shape index (κ2) is 7.66. The molecule has 1 aliphatic rings. The first kappa shape index (κ1) is 16.9. The lowest BCUT2D eigenvalue weighted by atomic mass is 9.77. The Labute approximate surface area is 136 Å². The monoisotopic (exact) mass is 318 g/mol. The summed E-state index contributed by atoms with van der Waals surface area (Å²) in [5.74, 6) is 0.429. The van der Waals surface area contributed by atoms with Gasteiger partial charge in [-0.05, 0) is 42.9 Å². The molecule has 0 bridgehead atoms. The van der Waals surface area contributed by atoms with Gasteiger partial charge < -0.3 is 10.0 Å². The van der Waals surface area contributed by atoms with Crippen molar-refractivity contribution in [3.05, 3.63) is 29.8 Å². The van der Waals surface area contributed by atoms with Crippen molar-refractivity contribution in [2.45, 2.75) is 31.1 Å². The molecule has 0 saturated carbocycles. The number of carbonyl (C=O) groups excluding carboxylic acids is 1. The number of piperidine rings is 1. The van der Waals surface area contributed by atoms with Gasteiger partial charge in [0.15, 0.2) is 0 Å². The fourth-order valence-electron chi connectivity index (χ4n) is 2.82. The molecule has 0 aromatic heterocycles. The molecule has 4 nitrogen and oxygen atoms in total. The average Bonchev–Trinajstić information content (AvgIpc) is 2.59. The van der Waals surface area contributed by atoms with E-state index in [0.717, 1.165) is 24.2 Å². The Morgan fingerprint density at radius 2 is 2.18 bits per heavy atom. The van der Waals surface area contributed by atoms with E-state index in [1.165, 1.54) is 11.8 Å². The number of benzene rings is 1. The van der Waals surface area contributed by atoms with Crippen molar-refractivity contribution in [2.24, 2.45) is 5.41 Å². The van der Waals surface area contributed by atoms with Crippen LogP contribution in [0.15, 0.2) is 29.2 Å². The highest BCUT2D eigenvalue weighted by molar-refractivity contribution is 7.99. The van der Waals surface area contributed by atoms with Crippen LogP contribution in [-0.4, -0.2) is 41.4 Å². The van der Waals surface area contributed by atoms with Crippen LogP contribution in [-0.2, 0) is 0 Å². The molecule has 1 N–H and O–H groups in total. The Kier molecular flexibility index (Phi) is 5.87. The molecular weight excluding hydrogens is 296 g/mol. The molecule has 118 valence electrons. The maximum Gasteiger partial charge on any atom is 0.253 e. The summed E-state index contributed by atoms with van der Waals surface area (Å²) in [4.78, 5) is 15.4. The molecule has 2 rings (SSSR count). The van der Waals surface area contributed by atoms with Crippen molar-refractivity contribution in [1.29, 1.82) is 5.26 Å². The maximum atomic E-state index is 12.6. The summed E-state index contributed by atoms with van der Waals surface area (Å²) < 4.78 is 0. The Balaban J connectivity index is 2.02. The molecule has 0 spiro atoms. The molecule has 1 saturated heterocycles. The lowest BCUT2D eigenvalue weighted by Gasteiger charge is -2.40. The second-order valence-corrected chi connectivity index (χ2v) is 6.83. The topological polar surface area (TPSA) is 64.3 Å². The third-order valence-electron chi connectivity index (χ3n) is 4.58. The molecular formula is C17H22N2O2S. The number of rotatable bonds is 5. The van der Waals surface area contributed by atoms with E-state index in [1.807, 2.05) is 29.2 Å². The highest BCUT2D eigenvalue weighted by atomic mass is 32.2. The summed E-state index contributed by atoms with van der Waals surface area (Å²) in [7, 11) is 0. The quantitative estimate of drug-likeness (QED) is 0.848. The zero-order chi connectivity index (χ0) is 16.0. The van der Waals surface area contributed by atoms with Crippen LogP contribution >= 0.6 is 11.8 Å². The van der Waals surface area contributed by atoms with Gasteiger partial charge in [-0.15, -0.1) is 11.8 Å². The second-order valence-electron chi connectivity index (χ2n) is 5.78. The van der Waals surface area contributed by atoms with Gasteiger partial charge in [0.1, 0.15) is 0 Å². The zero-order valence-corrected chi connectivity index (χ0v) is 13.7. The van der Waals surface area contributed by atoms with Gasteiger partial charge in [0.05, 0.1) is 11.8 Å². The minimum atomic E-state index is -0.0126. The highest BCUT2D eigenvalue weighted by Crippen LogP contribution is 2.34. The van der Waals surface area contributed by atoms with Crippen LogP contribution in [0.4, 0.5) is 0 Å². The van der Waals surface area contributed by atoms with Crippen molar-refractivity contribution in [1.82, 2.24) is 4.90 Å². The number of hydrogen-bond donors (Lipinski definition) is 1. The number of aliphatic hydroxyl groups excluding tert-OH is 1. The van der Waals surface area contributed by atoms with Gasteiger partial charge in [-0.25, -0.2) is 0 Å². The molecule has 0 unspecified atom stereocenters. The summed E-state index contributed by atoms with van der Waals surface area (Å²) in [5.41, 5.74) is 0.664. The number of likely N-dealkylation sites (tertiary alicyclic amines) is 1. The van der Waals surface area contributed by atoms with E-state index in [1.54, 1.807) is 0 Å². The summed E-state index contributed by atoms with van der Waals surface area (Å²) in [6.07, 6.45) is 2.66. The standard InChI is InChI=1S/C17H22N2O2S/c1-2-17(13-20)6-9-19(10-7-17)16(21)14-4-3-5-15(12-14)22-11-8-18/h3-5,12,20H,2,6-7,9-11,13H2,1H3. The maximum absolute atomic E-state index is 12.6. The largest absolute Gasteiger partial charge is 0.396 e. The van der Waals surface area contributed by atoms with E-state index < -0.39 is 0 Å². The van der Waals surface area contributed by atoms with E-state index in [0.29, 0.717) is 24.4 Å². The first-order chi connectivity index (χ1) is 10.6. The number of hydrogen-bond acceptors (Lipinski definition) is 4. The molecule has 22 heavy (non-hydrogen) atoms. The van der Waals surface area contributed by atoms with E-state index in [9.17, 15) is 9.90 Å². The number of thioether (sulfide) groups is 1. The minimum Gasteiger partial charge on any atom is -0.396 e. The van der Waals surface area contributed by atoms with Gasteiger partial charge in [-0.2, -0.15) is 5.26 Å². The summed E-state index contributed by atoms with van der Waals surface area (Å²) in [5, 5.41) is 18.2. The number of carbonyl (C=O) groups is 1. The third-order valence-corrected chi connectivity index (χ3v) is 5.44. The van der Waals surface area contributed by atoms with Gasteiger partial charge in [-0.1, -0.05) is 13.0 Å². The fourth-order valence-corrected chi connectivity index (χ4v) is 3.44. The normalized spacial score (nSPS) is 17.0. The predicted octanol–water partition coefficient (Wildman–Crippen LogP) is 2.93. The molecule has 1 amide bonds. The van der Waals surface area contributed by atoms with Crippen molar-refractivity contribution >= 4 is 17.7 Å². The first-order valence-electron chi connectivity index (χ1n) is 7.64. The average molecular weight is 318 g/mol. The zero-order valence-electron chi connectivity index (χ0n) is 12.9. The first-order valence-corrected chi connectivity index (χ1v) is 8.62. The summed E-state index contributed by atoms with van der Waals surface area (Å²) in [6, 6.07) is 9.56. The summed E-state index contributed by atoms with van der Waals surface area (Å²) in [6.45, 7) is 3.70. The molecule has 0 aliphatic carbocycles. The van der Waals surface area contributed by atoms with E-state index in [4.69, 9.17) is 5.26 Å². The number of aliphatic hydroxyl groups is 1. The Hall–Kier alpha value is -1.51. The van der Waals surface area contributed by atoms with Crippen LogP contribution in [0.2, 0.25) is 0 Å². The molecule has 1 fully saturated rings. The van der Waals surface area contributed by atoms with Gasteiger partial charge in [-0.3, -0.25) is 4.79 Å². The van der Waals surface area contributed by atoms with Crippen LogP contribution in [0.1, 0.15) is 36.5 Å². The smallest absolute Gasteiger partial charge is 0.253 e. The Morgan fingerprint density at radius 1 is 1.45 bits per heavy atom. The van der Waals surface area contributed by atoms with Crippen molar-refractivity contribution in [3.63, 3.8) is 0 Å².